The van der Waals surface area contributed by atoms with Crippen molar-refractivity contribution in [2.24, 2.45) is 5.92 Å². The second-order valence-corrected chi connectivity index (χ2v) is 6.38. The molecule has 1 atom stereocenters. The molecule has 0 radical (unpaired) electrons. The first kappa shape index (κ1) is 21.1. The van der Waals surface area contributed by atoms with Gasteiger partial charge < -0.3 is 19.7 Å². The van der Waals surface area contributed by atoms with E-state index < -0.39 is 6.04 Å². The SMILES string of the molecule is COCCN(CCOC)C(=O)[C@H](NC(=O)c1cccc(C)c1)C(C)C. The summed E-state index contributed by atoms with van der Waals surface area (Å²) in [4.78, 5) is 27.1. The van der Waals surface area contributed by atoms with Gasteiger partial charge in [-0.1, -0.05) is 31.5 Å². The predicted molar refractivity (Wildman–Crippen MR) is 97.6 cm³/mol. The van der Waals surface area contributed by atoms with Crippen LogP contribution in [0.5, 0.6) is 0 Å². The number of amides is 2. The van der Waals surface area contributed by atoms with Crippen molar-refractivity contribution in [2.75, 3.05) is 40.5 Å². The smallest absolute Gasteiger partial charge is 0.251 e. The average molecular weight is 350 g/mol. The van der Waals surface area contributed by atoms with Crippen molar-refractivity contribution in [3.63, 3.8) is 0 Å². The Morgan fingerprint density at radius 3 is 2.20 bits per heavy atom. The normalized spacial score (nSPS) is 12.1. The van der Waals surface area contributed by atoms with Crippen molar-refractivity contribution >= 4 is 11.8 Å². The number of aryl methyl sites for hydroxylation is 1. The second-order valence-electron chi connectivity index (χ2n) is 6.38. The monoisotopic (exact) mass is 350 g/mol. The lowest BCUT2D eigenvalue weighted by Gasteiger charge is -2.29. The summed E-state index contributed by atoms with van der Waals surface area (Å²) in [5.74, 6) is -0.395. The van der Waals surface area contributed by atoms with Gasteiger partial charge >= 0.3 is 0 Å². The maximum absolute atomic E-state index is 12.9. The molecule has 0 bridgehead atoms. The number of carbonyl (C=O) groups is 2. The molecular formula is C19H30N2O4. The van der Waals surface area contributed by atoms with Crippen molar-refractivity contribution in [3.05, 3.63) is 35.4 Å². The van der Waals surface area contributed by atoms with Crippen molar-refractivity contribution < 1.29 is 19.1 Å². The molecule has 1 aromatic rings. The maximum atomic E-state index is 12.9. The average Bonchev–Trinajstić information content (AvgIpc) is 2.58. The Morgan fingerprint density at radius 2 is 1.72 bits per heavy atom. The lowest BCUT2D eigenvalue weighted by atomic mass is 10.0. The van der Waals surface area contributed by atoms with Crippen LogP contribution in [0.3, 0.4) is 0 Å². The van der Waals surface area contributed by atoms with Crippen LogP contribution in [-0.2, 0) is 14.3 Å². The number of nitrogens with zero attached hydrogens (tertiary/aromatic N) is 1. The van der Waals surface area contributed by atoms with Crippen LogP contribution < -0.4 is 5.32 Å². The fourth-order valence-electron chi connectivity index (χ4n) is 2.46. The van der Waals surface area contributed by atoms with Gasteiger partial charge in [-0.3, -0.25) is 9.59 Å². The van der Waals surface area contributed by atoms with Crippen LogP contribution in [0.1, 0.15) is 29.8 Å². The van der Waals surface area contributed by atoms with Crippen LogP contribution in [0.25, 0.3) is 0 Å². The Hall–Kier alpha value is -1.92. The molecule has 0 aliphatic rings. The molecular weight excluding hydrogens is 320 g/mol. The van der Waals surface area contributed by atoms with Crippen LogP contribution in [0.4, 0.5) is 0 Å². The summed E-state index contributed by atoms with van der Waals surface area (Å²) < 4.78 is 10.2. The van der Waals surface area contributed by atoms with Gasteiger partial charge in [0, 0.05) is 32.9 Å². The highest BCUT2D eigenvalue weighted by Crippen LogP contribution is 2.10. The molecule has 6 heteroatoms. The van der Waals surface area contributed by atoms with Crippen molar-refractivity contribution in [2.45, 2.75) is 26.8 Å². The zero-order valence-corrected chi connectivity index (χ0v) is 15.9. The first-order valence-electron chi connectivity index (χ1n) is 8.54. The molecule has 2 amide bonds. The van der Waals surface area contributed by atoms with E-state index in [4.69, 9.17) is 9.47 Å². The fraction of sp³-hybridized carbons (Fsp3) is 0.579. The van der Waals surface area contributed by atoms with E-state index in [-0.39, 0.29) is 17.7 Å². The number of hydrogen-bond acceptors (Lipinski definition) is 4. The van der Waals surface area contributed by atoms with Crippen molar-refractivity contribution in [3.8, 4) is 0 Å². The third kappa shape index (κ3) is 6.84. The molecule has 0 saturated carbocycles. The zero-order valence-electron chi connectivity index (χ0n) is 15.9. The molecule has 0 unspecified atom stereocenters. The molecule has 6 nitrogen and oxygen atoms in total. The number of rotatable bonds is 10. The number of ether oxygens (including phenoxy) is 2. The van der Waals surface area contributed by atoms with E-state index >= 15 is 0 Å². The third-order valence-corrected chi connectivity index (χ3v) is 3.94. The summed E-state index contributed by atoms with van der Waals surface area (Å²) in [6.07, 6.45) is 0. The predicted octanol–water partition coefficient (Wildman–Crippen LogP) is 1.87. The number of methoxy groups -OCH3 is 2. The first-order chi connectivity index (χ1) is 11.9. The number of nitrogens with one attached hydrogen (secondary N) is 1. The summed E-state index contributed by atoms with van der Waals surface area (Å²) in [7, 11) is 3.19. The Morgan fingerprint density at radius 1 is 1.12 bits per heavy atom. The van der Waals surface area contributed by atoms with E-state index in [0.717, 1.165) is 5.56 Å². The number of carbonyl (C=O) groups excluding carboxylic acids is 2. The molecule has 0 aliphatic heterocycles. The minimum absolute atomic E-state index is 0.0335. The topological polar surface area (TPSA) is 67.9 Å². The quantitative estimate of drug-likeness (QED) is 0.699. The fourth-order valence-corrected chi connectivity index (χ4v) is 2.46. The number of benzene rings is 1. The molecule has 140 valence electrons. The zero-order chi connectivity index (χ0) is 18.8. The molecule has 1 N–H and O–H groups in total. The lowest BCUT2D eigenvalue weighted by Crippen LogP contribution is -2.52. The van der Waals surface area contributed by atoms with Gasteiger partial charge in [0.15, 0.2) is 0 Å². The molecule has 0 spiro atoms. The minimum atomic E-state index is -0.596. The molecule has 0 fully saturated rings. The van der Waals surface area contributed by atoms with Gasteiger partial charge in [-0.05, 0) is 25.0 Å². The minimum Gasteiger partial charge on any atom is -0.383 e. The molecule has 0 saturated heterocycles. The highest BCUT2D eigenvalue weighted by Gasteiger charge is 2.28. The van der Waals surface area contributed by atoms with Crippen LogP contribution in [0.2, 0.25) is 0 Å². The van der Waals surface area contributed by atoms with Crippen LogP contribution in [-0.4, -0.2) is 63.3 Å². The van der Waals surface area contributed by atoms with E-state index in [1.54, 1.807) is 25.2 Å². The van der Waals surface area contributed by atoms with Crippen LogP contribution in [0.15, 0.2) is 24.3 Å². The van der Waals surface area contributed by atoms with Crippen LogP contribution >= 0.6 is 0 Å². The van der Waals surface area contributed by atoms with Gasteiger partial charge in [-0.15, -0.1) is 0 Å². The van der Waals surface area contributed by atoms with E-state index in [9.17, 15) is 9.59 Å². The summed E-state index contributed by atoms with van der Waals surface area (Å²) in [6, 6.07) is 6.73. The molecule has 0 aromatic heterocycles. The van der Waals surface area contributed by atoms with Gasteiger partial charge in [0.25, 0.3) is 5.91 Å². The maximum Gasteiger partial charge on any atom is 0.251 e. The highest BCUT2D eigenvalue weighted by atomic mass is 16.5. The van der Waals surface area contributed by atoms with Crippen LogP contribution in [0, 0.1) is 12.8 Å². The molecule has 1 rings (SSSR count). The summed E-state index contributed by atoms with van der Waals surface area (Å²) in [5, 5.41) is 2.88. The van der Waals surface area contributed by atoms with E-state index in [2.05, 4.69) is 5.32 Å². The largest absolute Gasteiger partial charge is 0.383 e. The molecule has 0 aliphatic carbocycles. The molecule has 0 heterocycles. The standard InChI is InChI=1S/C19H30N2O4/c1-14(2)17(19(23)21(9-11-24-4)10-12-25-5)20-18(22)16-8-6-7-15(3)13-16/h6-8,13-14,17H,9-12H2,1-5H3,(H,20,22)/t17-/m1/s1. The van der Waals surface area contributed by atoms with Gasteiger partial charge in [-0.2, -0.15) is 0 Å². The number of hydrogen-bond donors (Lipinski definition) is 1. The Labute approximate surface area is 150 Å². The summed E-state index contributed by atoms with van der Waals surface area (Å²) in [5.41, 5.74) is 1.56. The van der Waals surface area contributed by atoms with E-state index in [1.807, 2.05) is 39.0 Å². The van der Waals surface area contributed by atoms with Crippen molar-refractivity contribution in [1.82, 2.24) is 10.2 Å². The van der Waals surface area contributed by atoms with E-state index in [0.29, 0.717) is 31.9 Å². The van der Waals surface area contributed by atoms with E-state index in [1.165, 1.54) is 0 Å². The lowest BCUT2D eigenvalue weighted by molar-refractivity contribution is -0.135. The summed E-state index contributed by atoms with van der Waals surface area (Å²) in [6.45, 7) is 7.57. The third-order valence-electron chi connectivity index (χ3n) is 3.94. The highest BCUT2D eigenvalue weighted by molar-refractivity contribution is 5.97. The second kappa shape index (κ2) is 10.8. The van der Waals surface area contributed by atoms with Crippen molar-refractivity contribution in [1.29, 1.82) is 0 Å². The van der Waals surface area contributed by atoms with Gasteiger partial charge in [0.05, 0.1) is 13.2 Å². The van der Waals surface area contributed by atoms with Gasteiger partial charge in [0.1, 0.15) is 6.04 Å². The molecule has 25 heavy (non-hydrogen) atoms. The summed E-state index contributed by atoms with van der Waals surface area (Å²) >= 11 is 0. The first-order valence-corrected chi connectivity index (χ1v) is 8.54. The van der Waals surface area contributed by atoms with Gasteiger partial charge in [0.2, 0.25) is 5.91 Å². The Balaban J connectivity index is 2.88. The van der Waals surface area contributed by atoms with Gasteiger partial charge in [-0.25, -0.2) is 0 Å². The Kier molecular flexibility index (Phi) is 9.16. The Bertz CT molecular complexity index is 552. The molecule has 1 aromatic carbocycles.